The molecule has 1 aromatic heterocycles. The van der Waals surface area contributed by atoms with Crippen LogP contribution in [-0.2, 0) is 11.3 Å². The first-order valence-corrected chi connectivity index (χ1v) is 8.06. The summed E-state index contributed by atoms with van der Waals surface area (Å²) in [5.41, 5.74) is 2.30. The highest BCUT2D eigenvalue weighted by atomic mass is 16.5. The molecule has 1 atom stereocenters. The van der Waals surface area contributed by atoms with Crippen LogP contribution in [0.5, 0.6) is 5.75 Å². The Morgan fingerprint density at radius 1 is 1.22 bits per heavy atom. The van der Waals surface area contributed by atoms with Crippen LogP contribution >= 0.6 is 0 Å². The van der Waals surface area contributed by atoms with Crippen LogP contribution in [0.25, 0.3) is 0 Å². The number of hydrogen-bond donors (Lipinski definition) is 1. The molecule has 0 bridgehead atoms. The van der Waals surface area contributed by atoms with E-state index in [-0.39, 0.29) is 5.91 Å². The third kappa shape index (κ3) is 4.31. The van der Waals surface area contributed by atoms with Crippen molar-refractivity contribution >= 4 is 5.91 Å². The molecule has 1 aliphatic rings. The lowest BCUT2D eigenvalue weighted by molar-refractivity contribution is -0.121. The van der Waals surface area contributed by atoms with Crippen LogP contribution in [0.4, 0.5) is 0 Å². The second-order valence-corrected chi connectivity index (χ2v) is 6.05. The number of carbonyl (C=O) groups excluding carboxylic acids is 1. The summed E-state index contributed by atoms with van der Waals surface area (Å²) in [6, 6.07) is 11.9. The summed E-state index contributed by atoms with van der Waals surface area (Å²) in [6.45, 7) is 0.557. The summed E-state index contributed by atoms with van der Waals surface area (Å²) < 4.78 is 5.21. The summed E-state index contributed by atoms with van der Waals surface area (Å²) in [5, 5.41) is 3.01. The number of amides is 1. The molecule has 0 spiro atoms. The van der Waals surface area contributed by atoms with Crippen molar-refractivity contribution in [3.05, 3.63) is 59.9 Å². The quantitative estimate of drug-likeness (QED) is 0.854. The van der Waals surface area contributed by atoms with Crippen LogP contribution in [0, 0.1) is 5.92 Å². The molecule has 1 saturated carbocycles. The normalized spacial score (nSPS) is 15.0. The lowest BCUT2D eigenvalue weighted by atomic mass is 9.90. The van der Waals surface area contributed by atoms with Crippen LogP contribution in [0.1, 0.15) is 36.3 Å². The highest BCUT2D eigenvalue weighted by Crippen LogP contribution is 2.44. The number of pyridine rings is 1. The number of rotatable bonds is 7. The number of hydrogen-bond acceptors (Lipinski definition) is 3. The van der Waals surface area contributed by atoms with Gasteiger partial charge in [0.05, 0.1) is 7.11 Å². The average molecular weight is 310 g/mol. The SMILES string of the molecule is COc1ccc(C(CC(=O)NCc2ccncc2)C2CC2)cc1. The molecule has 1 aliphatic carbocycles. The Labute approximate surface area is 136 Å². The molecule has 1 unspecified atom stereocenters. The van der Waals surface area contributed by atoms with Crippen molar-refractivity contribution in [2.24, 2.45) is 5.92 Å². The number of ether oxygens (including phenoxy) is 1. The minimum atomic E-state index is 0.106. The molecule has 2 aromatic rings. The zero-order valence-corrected chi connectivity index (χ0v) is 13.4. The van der Waals surface area contributed by atoms with Crippen LogP contribution in [0.3, 0.4) is 0 Å². The number of methoxy groups -OCH3 is 1. The zero-order chi connectivity index (χ0) is 16.1. The van der Waals surface area contributed by atoms with E-state index in [1.807, 2.05) is 24.3 Å². The van der Waals surface area contributed by atoms with Crippen molar-refractivity contribution in [2.75, 3.05) is 7.11 Å². The van der Waals surface area contributed by atoms with Crippen LogP contribution < -0.4 is 10.1 Å². The maximum atomic E-state index is 12.3. The average Bonchev–Trinajstić information content (AvgIpc) is 3.44. The van der Waals surface area contributed by atoms with E-state index in [0.29, 0.717) is 24.8 Å². The van der Waals surface area contributed by atoms with Gasteiger partial charge in [0, 0.05) is 25.4 Å². The minimum absolute atomic E-state index is 0.106. The topological polar surface area (TPSA) is 51.2 Å². The number of aromatic nitrogens is 1. The van der Waals surface area contributed by atoms with E-state index >= 15 is 0 Å². The van der Waals surface area contributed by atoms with Crippen molar-refractivity contribution in [2.45, 2.75) is 31.7 Å². The molecule has 23 heavy (non-hydrogen) atoms. The third-order valence-corrected chi connectivity index (χ3v) is 4.38. The van der Waals surface area contributed by atoms with Crippen molar-refractivity contribution in [3.63, 3.8) is 0 Å². The number of nitrogens with zero attached hydrogens (tertiary/aromatic N) is 1. The summed E-state index contributed by atoms with van der Waals surface area (Å²) >= 11 is 0. The first-order valence-electron chi connectivity index (χ1n) is 8.06. The van der Waals surface area contributed by atoms with Crippen molar-refractivity contribution in [3.8, 4) is 5.75 Å². The van der Waals surface area contributed by atoms with E-state index in [1.54, 1.807) is 19.5 Å². The number of nitrogens with one attached hydrogen (secondary N) is 1. The largest absolute Gasteiger partial charge is 0.497 e. The highest BCUT2D eigenvalue weighted by Gasteiger charge is 2.33. The van der Waals surface area contributed by atoms with Gasteiger partial charge in [-0.05, 0) is 60.1 Å². The molecule has 0 radical (unpaired) electrons. The van der Waals surface area contributed by atoms with E-state index in [1.165, 1.54) is 18.4 Å². The van der Waals surface area contributed by atoms with Gasteiger partial charge in [0.15, 0.2) is 0 Å². The molecular formula is C19H22N2O2. The molecule has 1 N–H and O–H groups in total. The second kappa shape index (κ2) is 7.27. The fourth-order valence-corrected chi connectivity index (χ4v) is 2.88. The first-order chi connectivity index (χ1) is 11.3. The highest BCUT2D eigenvalue weighted by molar-refractivity contribution is 5.77. The Hall–Kier alpha value is -2.36. The van der Waals surface area contributed by atoms with Gasteiger partial charge in [-0.1, -0.05) is 12.1 Å². The Morgan fingerprint density at radius 2 is 1.91 bits per heavy atom. The van der Waals surface area contributed by atoms with Gasteiger partial charge in [-0.25, -0.2) is 0 Å². The van der Waals surface area contributed by atoms with Gasteiger partial charge in [0.1, 0.15) is 5.75 Å². The molecule has 0 aliphatic heterocycles. The fourth-order valence-electron chi connectivity index (χ4n) is 2.88. The van der Waals surface area contributed by atoms with E-state index in [0.717, 1.165) is 11.3 Å². The molecule has 1 heterocycles. The second-order valence-electron chi connectivity index (χ2n) is 6.05. The lowest BCUT2D eigenvalue weighted by Crippen LogP contribution is -2.25. The molecule has 0 saturated heterocycles. The van der Waals surface area contributed by atoms with Crippen molar-refractivity contribution in [1.82, 2.24) is 10.3 Å². The Balaban J connectivity index is 1.59. The predicted octanol–water partition coefficient (Wildman–Crippen LogP) is 3.29. The van der Waals surface area contributed by atoms with Crippen LogP contribution in [0.2, 0.25) is 0 Å². The third-order valence-electron chi connectivity index (χ3n) is 4.38. The van der Waals surface area contributed by atoms with E-state index in [4.69, 9.17) is 4.74 Å². The van der Waals surface area contributed by atoms with Gasteiger partial charge in [-0.15, -0.1) is 0 Å². The molecule has 1 fully saturated rings. The summed E-state index contributed by atoms with van der Waals surface area (Å²) in [4.78, 5) is 16.3. The molecule has 3 rings (SSSR count). The van der Waals surface area contributed by atoms with Gasteiger partial charge >= 0.3 is 0 Å². The predicted molar refractivity (Wildman–Crippen MR) is 89.2 cm³/mol. The van der Waals surface area contributed by atoms with Gasteiger partial charge in [0.25, 0.3) is 0 Å². The molecular weight excluding hydrogens is 288 g/mol. The molecule has 1 amide bonds. The summed E-state index contributed by atoms with van der Waals surface area (Å²) in [5.74, 6) is 1.90. The summed E-state index contributed by atoms with van der Waals surface area (Å²) in [7, 11) is 1.67. The van der Waals surface area contributed by atoms with Gasteiger partial charge < -0.3 is 10.1 Å². The Morgan fingerprint density at radius 3 is 2.52 bits per heavy atom. The number of carbonyl (C=O) groups is 1. The van der Waals surface area contributed by atoms with Crippen molar-refractivity contribution < 1.29 is 9.53 Å². The fraction of sp³-hybridized carbons (Fsp3) is 0.368. The van der Waals surface area contributed by atoms with Crippen LogP contribution in [0.15, 0.2) is 48.8 Å². The zero-order valence-electron chi connectivity index (χ0n) is 13.4. The monoisotopic (exact) mass is 310 g/mol. The standard InChI is InChI=1S/C19H22N2O2/c1-23-17-6-4-16(5-7-17)18(15-2-3-15)12-19(22)21-13-14-8-10-20-11-9-14/h4-11,15,18H,2-3,12-13H2,1H3,(H,21,22). The van der Waals surface area contributed by atoms with E-state index in [9.17, 15) is 4.79 Å². The van der Waals surface area contributed by atoms with E-state index in [2.05, 4.69) is 22.4 Å². The van der Waals surface area contributed by atoms with Gasteiger partial charge in [0.2, 0.25) is 5.91 Å². The smallest absolute Gasteiger partial charge is 0.220 e. The number of benzene rings is 1. The van der Waals surface area contributed by atoms with Gasteiger partial charge in [-0.3, -0.25) is 9.78 Å². The van der Waals surface area contributed by atoms with Crippen molar-refractivity contribution in [1.29, 1.82) is 0 Å². The maximum absolute atomic E-state index is 12.3. The molecule has 1 aromatic carbocycles. The Bertz CT molecular complexity index is 636. The minimum Gasteiger partial charge on any atom is -0.497 e. The van der Waals surface area contributed by atoms with Gasteiger partial charge in [-0.2, -0.15) is 0 Å². The molecule has 120 valence electrons. The lowest BCUT2D eigenvalue weighted by Gasteiger charge is -2.17. The maximum Gasteiger partial charge on any atom is 0.220 e. The Kier molecular flexibility index (Phi) is 4.91. The first kappa shape index (κ1) is 15.5. The van der Waals surface area contributed by atoms with E-state index < -0.39 is 0 Å². The van der Waals surface area contributed by atoms with Crippen LogP contribution in [-0.4, -0.2) is 18.0 Å². The summed E-state index contributed by atoms with van der Waals surface area (Å²) in [6.07, 6.45) is 6.46. The molecule has 4 nitrogen and oxygen atoms in total. The molecule has 4 heteroatoms.